The van der Waals surface area contributed by atoms with Crippen molar-refractivity contribution in [2.45, 2.75) is 37.8 Å². The van der Waals surface area contributed by atoms with Gasteiger partial charge in [-0.05, 0) is 18.9 Å². The van der Waals surface area contributed by atoms with E-state index in [9.17, 15) is 10.1 Å². The highest BCUT2D eigenvalue weighted by Crippen LogP contribution is 2.31. The normalized spacial score (nSPS) is 22.8. The molecule has 1 aliphatic carbocycles. The zero-order valence-electron chi connectivity index (χ0n) is 11.0. The molecule has 1 aliphatic rings. The predicted octanol–water partition coefficient (Wildman–Crippen LogP) is 2.29. The summed E-state index contributed by atoms with van der Waals surface area (Å²) in [5, 5.41) is 14.2. The fourth-order valence-electron chi connectivity index (χ4n) is 2.46. The third-order valence-electron chi connectivity index (χ3n) is 3.56. The number of nitro groups is 1. The van der Waals surface area contributed by atoms with Crippen molar-refractivity contribution in [2.75, 3.05) is 12.4 Å². The molecule has 0 spiro atoms. The SMILES string of the molecule is COc1ccc([N+](=O)[O-])c(N[C@@H]2CCCC[C@H]2N)c1. The molecule has 1 aromatic rings. The maximum absolute atomic E-state index is 11.0. The van der Waals surface area contributed by atoms with Crippen molar-refractivity contribution in [2.24, 2.45) is 5.73 Å². The van der Waals surface area contributed by atoms with Gasteiger partial charge in [0, 0.05) is 24.2 Å². The lowest BCUT2D eigenvalue weighted by atomic mass is 9.91. The van der Waals surface area contributed by atoms with Crippen molar-refractivity contribution >= 4 is 11.4 Å². The second-order valence-electron chi connectivity index (χ2n) is 4.84. The van der Waals surface area contributed by atoms with Gasteiger partial charge in [0.1, 0.15) is 11.4 Å². The number of nitro benzene ring substituents is 1. The first-order valence-electron chi connectivity index (χ1n) is 6.46. The van der Waals surface area contributed by atoms with Crippen LogP contribution < -0.4 is 15.8 Å². The number of nitrogens with zero attached hydrogens (tertiary/aromatic N) is 1. The van der Waals surface area contributed by atoms with Crippen LogP contribution in [0.2, 0.25) is 0 Å². The van der Waals surface area contributed by atoms with Gasteiger partial charge in [0.2, 0.25) is 0 Å². The average Bonchev–Trinajstić information content (AvgIpc) is 2.41. The van der Waals surface area contributed by atoms with Gasteiger partial charge in [-0.2, -0.15) is 0 Å². The summed E-state index contributed by atoms with van der Waals surface area (Å²) < 4.78 is 5.11. The molecule has 0 heterocycles. The lowest BCUT2D eigenvalue weighted by molar-refractivity contribution is -0.384. The summed E-state index contributed by atoms with van der Waals surface area (Å²) in [6, 6.07) is 4.82. The minimum atomic E-state index is -0.393. The van der Waals surface area contributed by atoms with Crippen LogP contribution in [0.5, 0.6) is 5.75 Å². The maximum Gasteiger partial charge on any atom is 0.292 e. The van der Waals surface area contributed by atoms with Crippen LogP contribution in [-0.4, -0.2) is 24.1 Å². The first kappa shape index (κ1) is 13.6. The summed E-state index contributed by atoms with van der Waals surface area (Å²) >= 11 is 0. The number of anilines is 1. The Balaban J connectivity index is 2.23. The van der Waals surface area contributed by atoms with Gasteiger partial charge in [-0.1, -0.05) is 12.8 Å². The van der Waals surface area contributed by atoms with E-state index in [2.05, 4.69) is 5.32 Å². The van der Waals surface area contributed by atoms with E-state index in [4.69, 9.17) is 10.5 Å². The van der Waals surface area contributed by atoms with Crippen molar-refractivity contribution in [3.63, 3.8) is 0 Å². The summed E-state index contributed by atoms with van der Waals surface area (Å²) in [7, 11) is 1.54. The Bertz CT molecular complexity index is 464. The number of rotatable bonds is 4. The first-order valence-corrected chi connectivity index (χ1v) is 6.46. The van der Waals surface area contributed by atoms with Crippen molar-refractivity contribution in [1.29, 1.82) is 0 Å². The Labute approximate surface area is 112 Å². The van der Waals surface area contributed by atoms with Crippen molar-refractivity contribution in [3.8, 4) is 5.75 Å². The molecule has 1 fully saturated rings. The van der Waals surface area contributed by atoms with E-state index in [0.29, 0.717) is 11.4 Å². The fraction of sp³-hybridized carbons (Fsp3) is 0.538. The Kier molecular flexibility index (Phi) is 4.21. The van der Waals surface area contributed by atoms with Crippen LogP contribution in [0.15, 0.2) is 18.2 Å². The molecule has 3 N–H and O–H groups in total. The van der Waals surface area contributed by atoms with E-state index in [0.717, 1.165) is 25.7 Å². The summed E-state index contributed by atoms with van der Waals surface area (Å²) in [6.07, 6.45) is 4.12. The lowest BCUT2D eigenvalue weighted by Gasteiger charge is -2.30. The highest BCUT2D eigenvalue weighted by Gasteiger charge is 2.24. The highest BCUT2D eigenvalue weighted by molar-refractivity contribution is 5.64. The molecule has 1 saturated carbocycles. The van der Waals surface area contributed by atoms with Gasteiger partial charge >= 0.3 is 0 Å². The number of hydrogen-bond acceptors (Lipinski definition) is 5. The third kappa shape index (κ3) is 3.14. The smallest absolute Gasteiger partial charge is 0.292 e. The van der Waals surface area contributed by atoms with Crippen molar-refractivity contribution in [1.82, 2.24) is 0 Å². The molecule has 1 aromatic carbocycles. The number of nitrogens with two attached hydrogens (primary N) is 1. The molecular weight excluding hydrogens is 246 g/mol. The third-order valence-corrected chi connectivity index (χ3v) is 3.56. The van der Waals surface area contributed by atoms with E-state index in [1.807, 2.05) is 0 Å². The van der Waals surface area contributed by atoms with Gasteiger partial charge in [-0.15, -0.1) is 0 Å². The minimum absolute atomic E-state index is 0.0413. The molecule has 19 heavy (non-hydrogen) atoms. The van der Waals surface area contributed by atoms with Gasteiger partial charge in [-0.25, -0.2) is 0 Å². The Morgan fingerprint density at radius 3 is 2.79 bits per heavy atom. The van der Waals surface area contributed by atoms with Crippen LogP contribution in [0.4, 0.5) is 11.4 Å². The summed E-state index contributed by atoms with van der Waals surface area (Å²) in [4.78, 5) is 10.6. The standard InChI is InChI=1S/C13H19N3O3/c1-19-9-6-7-13(16(17)18)12(8-9)15-11-5-3-2-4-10(11)14/h6-8,10-11,15H,2-5,14H2,1H3/t10-,11-/m1/s1. The Morgan fingerprint density at radius 2 is 2.16 bits per heavy atom. The Hall–Kier alpha value is -1.82. The molecular formula is C13H19N3O3. The average molecular weight is 265 g/mol. The van der Waals surface area contributed by atoms with Gasteiger partial charge in [0.25, 0.3) is 5.69 Å². The zero-order chi connectivity index (χ0) is 13.8. The van der Waals surface area contributed by atoms with Gasteiger partial charge in [-0.3, -0.25) is 10.1 Å². The molecule has 0 aliphatic heterocycles. The van der Waals surface area contributed by atoms with Crippen LogP contribution in [-0.2, 0) is 0 Å². The predicted molar refractivity (Wildman–Crippen MR) is 73.5 cm³/mol. The zero-order valence-corrected chi connectivity index (χ0v) is 11.0. The van der Waals surface area contributed by atoms with Crippen LogP contribution in [0.25, 0.3) is 0 Å². The highest BCUT2D eigenvalue weighted by atomic mass is 16.6. The molecule has 0 aromatic heterocycles. The van der Waals surface area contributed by atoms with E-state index >= 15 is 0 Å². The molecule has 2 atom stereocenters. The molecule has 0 saturated heterocycles. The van der Waals surface area contributed by atoms with E-state index in [1.54, 1.807) is 12.1 Å². The maximum atomic E-state index is 11.0. The summed E-state index contributed by atoms with van der Waals surface area (Å²) in [5.41, 5.74) is 6.59. The second-order valence-corrected chi connectivity index (χ2v) is 4.84. The van der Waals surface area contributed by atoms with Gasteiger partial charge in [0.05, 0.1) is 12.0 Å². The number of benzene rings is 1. The molecule has 0 bridgehead atoms. The Morgan fingerprint density at radius 1 is 1.42 bits per heavy atom. The fourth-order valence-corrected chi connectivity index (χ4v) is 2.46. The van der Waals surface area contributed by atoms with E-state index in [-0.39, 0.29) is 17.8 Å². The number of ether oxygens (including phenoxy) is 1. The van der Waals surface area contributed by atoms with Crippen molar-refractivity contribution in [3.05, 3.63) is 28.3 Å². The number of hydrogen-bond donors (Lipinski definition) is 2. The molecule has 104 valence electrons. The molecule has 0 amide bonds. The first-order chi connectivity index (χ1) is 9.11. The van der Waals surface area contributed by atoms with Gasteiger partial charge in [0.15, 0.2) is 0 Å². The minimum Gasteiger partial charge on any atom is -0.497 e. The number of methoxy groups -OCH3 is 1. The van der Waals surface area contributed by atoms with E-state index < -0.39 is 4.92 Å². The van der Waals surface area contributed by atoms with Crippen LogP contribution in [0.1, 0.15) is 25.7 Å². The monoisotopic (exact) mass is 265 g/mol. The summed E-state index contributed by atoms with van der Waals surface area (Å²) in [6.45, 7) is 0. The molecule has 0 unspecified atom stereocenters. The van der Waals surface area contributed by atoms with E-state index in [1.165, 1.54) is 13.2 Å². The van der Waals surface area contributed by atoms with Crippen LogP contribution in [0, 0.1) is 10.1 Å². The second kappa shape index (κ2) is 5.88. The van der Waals surface area contributed by atoms with Gasteiger partial charge < -0.3 is 15.8 Å². The quantitative estimate of drug-likeness (QED) is 0.644. The lowest BCUT2D eigenvalue weighted by Crippen LogP contribution is -2.42. The molecule has 0 radical (unpaired) electrons. The molecule has 2 rings (SSSR count). The van der Waals surface area contributed by atoms with Crippen LogP contribution in [0.3, 0.4) is 0 Å². The molecule has 6 nitrogen and oxygen atoms in total. The largest absolute Gasteiger partial charge is 0.497 e. The summed E-state index contributed by atoms with van der Waals surface area (Å²) in [5.74, 6) is 0.595. The van der Waals surface area contributed by atoms with Crippen molar-refractivity contribution < 1.29 is 9.66 Å². The topological polar surface area (TPSA) is 90.4 Å². The molecule has 6 heteroatoms. The number of nitrogens with one attached hydrogen (secondary N) is 1. The van der Waals surface area contributed by atoms with Crippen LogP contribution >= 0.6 is 0 Å².